The van der Waals surface area contributed by atoms with Crippen molar-refractivity contribution in [3.63, 3.8) is 0 Å². The highest BCUT2D eigenvalue weighted by Crippen LogP contribution is 2.33. The Kier molecular flexibility index (Phi) is 11.8. The Bertz CT molecular complexity index is 1370. The van der Waals surface area contributed by atoms with Crippen LogP contribution in [0.3, 0.4) is 0 Å². The van der Waals surface area contributed by atoms with Crippen molar-refractivity contribution in [1.29, 1.82) is 0 Å². The van der Waals surface area contributed by atoms with Crippen molar-refractivity contribution in [3.05, 3.63) is 89.0 Å². The minimum Gasteiger partial charge on any atom is -0.489 e. The number of nitrogens with one attached hydrogen (secondary N) is 4. The predicted molar refractivity (Wildman–Crippen MR) is 156 cm³/mol. The molecule has 242 valence electrons. The summed E-state index contributed by atoms with van der Waals surface area (Å²) in [6.07, 6.45) is -6.02. The zero-order valence-electron chi connectivity index (χ0n) is 23.6. The lowest BCUT2D eigenvalue weighted by Gasteiger charge is -2.30. The zero-order chi connectivity index (χ0) is 32.4. The molecule has 45 heavy (non-hydrogen) atoms. The van der Waals surface area contributed by atoms with Crippen molar-refractivity contribution in [3.8, 4) is 5.75 Å². The maximum absolute atomic E-state index is 13.5. The van der Waals surface area contributed by atoms with Crippen LogP contribution in [-0.2, 0) is 20.7 Å². The van der Waals surface area contributed by atoms with Crippen LogP contribution >= 0.6 is 11.6 Å². The largest absolute Gasteiger partial charge is 0.489 e. The monoisotopic (exact) mass is 656 g/mol. The molecule has 3 aromatic carbocycles. The smallest absolute Gasteiger partial charge is 0.407 e. The number of carbonyl (C=O) groups excluding carboxylic acids is 2. The molecule has 0 aromatic heterocycles. The van der Waals surface area contributed by atoms with Crippen molar-refractivity contribution in [2.24, 2.45) is 0 Å². The molecule has 0 unspecified atom stereocenters. The first kappa shape index (κ1) is 33.7. The number of benzene rings is 3. The third-order valence-corrected chi connectivity index (χ3v) is 6.83. The molecular weight excluding hydrogens is 627 g/mol. The SMILES string of the molecule is O=C(NCC(F)(F)F)OC[C@@H]1CO[C@H](COc2cccc(Cl)c2NC(=O)[C@H](Cc2ccc(F)cc2)Nc2ccc(F)cc2)CN1. The quantitative estimate of drug-likeness (QED) is 0.196. The number of amides is 2. The number of alkyl halides is 3. The van der Waals surface area contributed by atoms with Gasteiger partial charge < -0.3 is 35.5 Å². The fourth-order valence-electron chi connectivity index (χ4n) is 4.23. The van der Waals surface area contributed by atoms with Crippen LogP contribution in [0.15, 0.2) is 66.7 Å². The molecule has 1 aliphatic heterocycles. The number of morpholine rings is 1. The van der Waals surface area contributed by atoms with Crippen LogP contribution < -0.4 is 26.0 Å². The molecule has 3 aromatic rings. The van der Waals surface area contributed by atoms with E-state index in [0.717, 1.165) is 0 Å². The van der Waals surface area contributed by atoms with Crippen LogP contribution in [0.2, 0.25) is 5.02 Å². The molecule has 0 saturated carbocycles. The second-order valence-corrected chi connectivity index (χ2v) is 10.5. The van der Waals surface area contributed by atoms with E-state index in [1.807, 2.05) is 0 Å². The highest BCUT2D eigenvalue weighted by Gasteiger charge is 2.29. The highest BCUT2D eigenvalue weighted by atomic mass is 35.5. The first-order chi connectivity index (χ1) is 21.4. The molecule has 4 N–H and O–H groups in total. The van der Waals surface area contributed by atoms with E-state index < -0.39 is 54.5 Å². The van der Waals surface area contributed by atoms with Gasteiger partial charge in [-0.25, -0.2) is 13.6 Å². The first-order valence-electron chi connectivity index (χ1n) is 13.8. The Hall–Kier alpha value is -4.14. The molecule has 1 saturated heterocycles. The highest BCUT2D eigenvalue weighted by molar-refractivity contribution is 6.34. The molecule has 1 fully saturated rings. The van der Waals surface area contributed by atoms with Crippen LogP contribution in [-0.4, -0.2) is 69.3 Å². The summed E-state index contributed by atoms with van der Waals surface area (Å²) in [7, 11) is 0. The van der Waals surface area contributed by atoms with E-state index in [2.05, 4.69) is 16.0 Å². The minimum atomic E-state index is -4.54. The Morgan fingerprint density at radius 3 is 2.33 bits per heavy atom. The van der Waals surface area contributed by atoms with Gasteiger partial charge in [0.2, 0.25) is 5.91 Å². The average molecular weight is 657 g/mol. The fraction of sp³-hybridized carbons (Fsp3) is 0.333. The second kappa shape index (κ2) is 15.7. The van der Waals surface area contributed by atoms with Crippen LogP contribution in [0.4, 0.5) is 38.1 Å². The van der Waals surface area contributed by atoms with Gasteiger partial charge in [0.15, 0.2) is 0 Å². The molecule has 2 amide bonds. The minimum absolute atomic E-state index is 0.0443. The maximum atomic E-state index is 13.5. The Morgan fingerprint density at radius 2 is 1.69 bits per heavy atom. The molecule has 4 rings (SSSR count). The maximum Gasteiger partial charge on any atom is 0.407 e. The zero-order valence-corrected chi connectivity index (χ0v) is 24.4. The number of rotatable bonds is 12. The Labute approximate surface area is 260 Å². The van der Waals surface area contributed by atoms with Crippen LogP contribution in [0.25, 0.3) is 0 Å². The van der Waals surface area contributed by atoms with Gasteiger partial charge in [0.05, 0.1) is 17.7 Å². The Balaban J connectivity index is 1.34. The van der Waals surface area contributed by atoms with Gasteiger partial charge in [0.25, 0.3) is 0 Å². The third-order valence-electron chi connectivity index (χ3n) is 6.52. The van der Waals surface area contributed by atoms with Crippen LogP contribution in [0.1, 0.15) is 5.56 Å². The first-order valence-corrected chi connectivity index (χ1v) is 14.1. The lowest BCUT2D eigenvalue weighted by atomic mass is 10.0. The Morgan fingerprint density at radius 1 is 1.00 bits per heavy atom. The summed E-state index contributed by atoms with van der Waals surface area (Å²) < 4.78 is 80.0. The summed E-state index contributed by atoms with van der Waals surface area (Å²) in [5.41, 5.74) is 1.37. The van der Waals surface area contributed by atoms with Gasteiger partial charge in [-0.3, -0.25) is 4.79 Å². The fourth-order valence-corrected chi connectivity index (χ4v) is 4.45. The average Bonchev–Trinajstić information content (AvgIpc) is 3.01. The van der Waals surface area contributed by atoms with Crippen LogP contribution in [0, 0.1) is 11.6 Å². The summed E-state index contributed by atoms with van der Waals surface area (Å²) in [5, 5.41) is 10.8. The number of para-hydroxylation sites is 1. The van der Waals surface area contributed by atoms with Crippen LogP contribution in [0.5, 0.6) is 5.75 Å². The lowest BCUT2D eigenvalue weighted by Crippen LogP contribution is -2.51. The molecule has 1 aliphatic rings. The number of alkyl carbamates (subject to hydrolysis) is 1. The van der Waals surface area contributed by atoms with Crippen molar-refractivity contribution in [2.75, 3.05) is 43.5 Å². The number of carbonyl (C=O) groups is 2. The second-order valence-electron chi connectivity index (χ2n) is 10.1. The number of hydrogen-bond donors (Lipinski definition) is 4. The number of halogens is 6. The van der Waals surface area contributed by atoms with E-state index in [1.54, 1.807) is 35.6 Å². The van der Waals surface area contributed by atoms with Gasteiger partial charge in [-0.05, 0) is 54.1 Å². The van der Waals surface area contributed by atoms with E-state index in [-0.39, 0.29) is 49.2 Å². The number of anilines is 2. The number of hydrogen-bond acceptors (Lipinski definition) is 7. The molecule has 0 bridgehead atoms. The standard InChI is InChI=1S/C30H30ClF5N4O5/c31-24-2-1-3-26(44-16-23-13-37-22(14-43-23)15-45-29(42)38-17-30(34,35)36)27(24)40-28(41)25(12-18-4-6-19(32)7-5-18)39-21-10-8-20(33)9-11-21/h1-11,22-23,25,37,39H,12-17H2,(H,38,42)(H,40,41)/t22-,23-,25-/m0/s1. The van der Waals surface area contributed by atoms with Crippen molar-refractivity contribution >= 4 is 35.0 Å². The van der Waals surface area contributed by atoms with Gasteiger partial charge in [-0.15, -0.1) is 0 Å². The van der Waals surface area contributed by atoms with Gasteiger partial charge in [-0.1, -0.05) is 29.8 Å². The topological polar surface area (TPSA) is 110 Å². The van der Waals surface area contributed by atoms with Gasteiger partial charge in [0, 0.05) is 18.7 Å². The normalized spacial score (nSPS) is 17.2. The van der Waals surface area contributed by atoms with Crippen molar-refractivity contribution < 1.29 is 45.8 Å². The van der Waals surface area contributed by atoms with Gasteiger partial charge in [0.1, 0.15) is 55.0 Å². The molecule has 3 atom stereocenters. The molecular formula is C30H30ClF5N4O5. The predicted octanol–water partition coefficient (Wildman–Crippen LogP) is 5.30. The van der Waals surface area contributed by atoms with Gasteiger partial charge in [-0.2, -0.15) is 13.2 Å². The summed E-state index contributed by atoms with van der Waals surface area (Å²) in [4.78, 5) is 25.0. The van der Waals surface area contributed by atoms with Crippen molar-refractivity contribution in [1.82, 2.24) is 10.6 Å². The van der Waals surface area contributed by atoms with E-state index >= 15 is 0 Å². The summed E-state index contributed by atoms with van der Waals surface area (Å²) in [6.45, 7) is -1.28. The summed E-state index contributed by atoms with van der Waals surface area (Å²) >= 11 is 6.43. The van der Waals surface area contributed by atoms with E-state index in [4.69, 9.17) is 25.8 Å². The molecule has 9 nitrogen and oxygen atoms in total. The molecule has 0 spiro atoms. The molecule has 0 aliphatic carbocycles. The van der Waals surface area contributed by atoms with Crippen molar-refractivity contribution in [2.45, 2.75) is 30.8 Å². The number of ether oxygens (including phenoxy) is 3. The molecule has 0 radical (unpaired) electrons. The lowest BCUT2D eigenvalue weighted by molar-refractivity contribution is -0.124. The van der Waals surface area contributed by atoms with Gasteiger partial charge >= 0.3 is 12.3 Å². The van der Waals surface area contributed by atoms with E-state index in [1.165, 1.54) is 36.4 Å². The van der Waals surface area contributed by atoms with E-state index in [0.29, 0.717) is 11.3 Å². The third kappa shape index (κ3) is 11.1. The summed E-state index contributed by atoms with van der Waals surface area (Å²) in [5.74, 6) is -1.09. The van der Waals surface area contributed by atoms with E-state index in [9.17, 15) is 31.5 Å². The summed E-state index contributed by atoms with van der Waals surface area (Å²) in [6, 6.07) is 14.7. The molecule has 1 heterocycles. The molecule has 15 heteroatoms.